The number of halogens is 1. The predicted octanol–water partition coefficient (Wildman–Crippen LogP) is 5.86. The molecule has 0 amide bonds. The van der Waals surface area contributed by atoms with E-state index >= 15 is 0 Å². The van der Waals surface area contributed by atoms with Gasteiger partial charge in [0.15, 0.2) is 0 Å². The summed E-state index contributed by atoms with van der Waals surface area (Å²) < 4.78 is 0. The van der Waals surface area contributed by atoms with Gasteiger partial charge in [0.1, 0.15) is 0 Å². The average molecular weight is 310 g/mol. The molecule has 1 rings (SSSR count). The van der Waals surface area contributed by atoms with Crippen LogP contribution in [0.2, 0.25) is 5.02 Å². The van der Waals surface area contributed by atoms with Crippen LogP contribution < -0.4 is 5.32 Å². The summed E-state index contributed by atoms with van der Waals surface area (Å²) >= 11 is 5.95. The maximum atomic E-state index is 5.95. The summed E-state index contributed by atoms with van der Waals surface area (Å²) in [7, 11) is 2.06. The largest absolute Gasteiger partial charge is 0.319 e. The van der Waals surface area contributed by atoms with Crippen molar-refractivity contribution in [2.75, 3.05) is 13.6 Å². The zero-order valence-corrected chi connectivity index (χ0v) is 14.6. The van der Waals surface area contributed by atoms with Crippen molar-refractivity contribution in [3.63, 3.8) is 0 Å². The van der Waals surface area contributed by atoms with E-state index in [0.29, 0.717) is 0 Å². The van der Waals surface area contributed by atoms with Gasteiger partial charge in [-0.3, -0.25) is 0 Å². The Bertz CT molecular complexity index is 347. The van der Waals surface area contributed by atoms with Crippen molar-refractivity contribution in [3.8, 4) is 0 Å². The first-order valence-corrected chi connectivity index (χ1v) is 9.03. The monoisotopic (exact) mass is 309 g/mol. The van der Waals surface area contributed by atoms with Gasteiger partial charge in [0.05, 0.1) is 0 Å². The van der Waals surface area contributed by atoms with Gasteiger partial charge in [-0.05, 0) is 50.0 Å². The first kappa shape index (κ1) is 18.5. The van der Waals surface area contributed by atoms with Crippen molar-refractivity contribution in [2.24, 2.45) is 5.92 Å². The Balaban J connectivity index is 2.21. The average Bonchev–Trinajstić information content (AvgIpc) is 2.49. The van der Waals surface area contributed by atoms with Crippen LogP contribution in [-0.4, -0.2) is 13.6 Å². The van der Waals surface area contributed by atoms with E-state index in [1.54, 1.807) is 0 Å². The molecule has 0 aromatic heterocycles. The van der Waals surface area contributed by atoms with Crippen molar-refractivity contribution in [1.82, 2.24) is 5.32 Å². The molecule has 1 atom stereocenters. The van der Waals surface area contributed by atoms with E-state index in [9.17, 15) is 0 Å². The molecule has 0 aliphatic carbocycles. The first-order valence-electron chi connectivity index (χ1n) is 8.65. The normalized spacial score (nSPS) is 12.5. The molecule has 120 valence electrons. The molecular weight excluding hydrogens is 278 g/mol. The fourth-order valence-corrected chi connectivity index (χ4v) is 3.03. The van der Waals surface area contributed by atoms with Crippen molar-refractivity contribution >= 4 is 11.6 Å². The molecule has 2 heteroatoms. The lowest BCUT2D eigenvalue weighted by molar-refractivity contribution is 0.432. The molecule has 0 heterocycles. The molecule has 1 nitrogen and oxygen atoms in total. The minimum atomic E-state index is 0.742. The van der Waals surface area contributed by atoms with Gasteiger partial charge >= 0.3 is 0 Å². The van der Waals surface area contributed by atoms with Crippen LogP contribution >= 0.6 is 11.6 Å². The summed E-state index contributed by atoms with van der Waals surface area (Å²) in [6.45, 7) is 3.39. The van der Waals surface area contributed by atoms with Crippen LogP contribution in [0.3, 0.4) is 0 Å². The molecule has 0 saturated carbocycles. The minimum Gasteiger partial charge on any atom is -0.319 e. The van der Waals surface area contributed by atoms with Gasteiger partial charge in [-0.1, -0.05) is 75.6 Å². The molecule has 0 radical (unpaired) electrons. The summed E-state index contributed by atoms with van der Waals surface area (Å²) in [5, 5.41) is 4.17. The Kier molecular flexibility index (Phi) is 10.6. The summed E-state index contributed by atoms with van der Waals surface area (Å²) in [6.07, 6.45) is 12.2. The fourth-order valence-electron chi connectivity index (χ4n) is 2.91. The van der Waals surface area contributed by atoms with Crippen LogP contribution in [-0.2, 0) is 6.42 Å². The first-order chi connectivity index (χ1) is 10.3. The Morgan fingerprint density at radius 1 is 0.952 bits per heavy atom. The van der Waals surface area contributed by atoms with E-state index in [0.717, 1.165) is 23.9 Å². The zero-order valence-electron chi connectivity index (χ0n) is 13.8. The van der Waals surface area contributed by atoms with Crippen LogP contribution in [0.25, 0.3) is 0 Å². The number of rotatable bonds is 12. The number of unbranched alkanes of at least 4 members (excludes halogenated alkanes) is 6. The van der Waals surface area contributed by atoms with Crippen molar-refractivity contribution in [3.05, 3.63) is 34.9 Å². The van der Waals surface area contributed by atoms with Crippen LogP contribution in [0.1, 0.15) is 63.9 Å². The summed E-state index contributed by atoms with van der Waals surface area (Å²) in [6, 6.07) is 8.33. The highest BCUT2D eigenvalue weighted by molar-refractivity contribution is 6.30. The Morgan fingerprint density at radius 3 is 2.19 bits per heavy atom. The second-order valence-electron chi connectivity index (χ2n) is 6.16. The van der Waals surface area contributed by atoms with Crippen LogP contribution in [0.15, 0.2) is 24.3 Å². The third kappa shape index (κ3) is 9.16. The lowest BCUT2D eigenvalue weighted by atomic mass is 9.93. The standard InChI is InChI=1S/C19H32ClN/c1-3-4-5-6-7-8-9-10-18(16-21-2)15-17-11-13-19(20)14-12-17/h11-14,18,21H,3-10,15-16H2,1-2H3. The van der Waals surface area contributed by atoms with Gasteiger partial charge in [0, 0.05) is 5.02 Å². The van der Waals surface area contributed by atoms with E-state index in [2.05, 4.69) is 31.4 Å². The zero-order chi connectivity index (χ0) is 15.3. The lowest BCUT2D eigenvalue weighted by Gasteiger charge is -2.16. The third-order valence-corrected chi connectivity index (χ3v) is 4.40. The van der Waals surface area contributed by atoms with Gasteiger partial charge in [-0.25, -0.2) is 0 Å². The number of nitrogens with one attached hydrogen (secondary N) is 1. The van der Waals surface area contributed by atoms with E-state index in [1.807, 2.05) is 12.1 Å². The summed E-state index contributed by atoms with van der Waals surface area (Å²) in [4.78, 5) is 0. The second-order valence-corrected chi connectivity index (χ2v) is 6.60. The van der Waals surface area contributed by atoms with Gasteiger partial charge < -0.3 is 5.32 Å². The summed E-state index contributed by atoms with van der Waals surface area (Å²) in [5.74, 6) is 0.742. The Labute approximate surface area is 136 Å². The second kappa shape index (κ2) is 12.1. The van der Waals surface area contributed by atoms with E-state index < -0.39 is 0 Å². The predicted molar refractivity (Wildman–Crippen MR) is 95.2 cm³/mol. The van der Waals surface area contributed by atoms with Crippen LogP contribution in [0.4, 0.5) is 0 Å². The van der Waals surface area contributed by atoms with E-state index in [1.165, 1.54) is 56.9 Å². The van der Waals surface area contributed by atoms with E-state index in [-0.39, 0.29) is 0 Å². The Morgan fingerprint density at radius 2 is 1.57 bits per heavy atom. The molecule has 1 unspecified atom stereocenters. The van der Waals surface area contributed by atoms with Gasteiger partial charge in [-0.15, -0.1) is 0 Å². The molecule has 1 aromatic carbocycles. The molecule has 0 aliphatic heterocycles. The highest BCUT2D eigenvalue weighted by atomic mass is 35.5. The maximum absolute atomic E-state index is 5.95. The van der Waals surface area contributed by atoms with Crippen molar-refractivity contribution in [2.45, 2.75) is 64.7 Å². The van der Waals surface area contributed by atoms with E-state index in [4.69, 9.17) is 11.6 Å². The molecule has 1 aromatic rings. The fraction of sp³-hybridized carbons (Fsp3) is 0.684. The smallest absolute Gasteiger partial charge is 0.0406 e. The Hall–Kier alpha value is -0.530. The minimum absolute atomic E-state index is 0.742. The third-order valence-electron chi connectivity index (χ3n) is 4.15. The quantitative estimate of drug-likeness (QED) is 0.477. The van der Waals surface area contributed by atoms with Crippen molar-refractivity contribution in [1.29, 1.82) is 0 Å². The van der Waals surface area contributed by atoms with Crippen molar-refractivity contribution < 1.29 is 0 Å². The number of hydrogen-bond donors (Lipinski definition) is 1. The number of hydrogen-bond acceptors (Lipinski definition) is 1. The van der Waals surface area contributed by atoms with Gasteiger partial charge in [0.2, 0.25) is 0 Å². The molecule has 0 spiro atoms. The topological polar surface area (TPSA) is 12.0 Å². The highest BCUT2D eigenvalue weighted by Crippen LogP contribution is 2.18. The molecule has 1 N–H and O–H groups in total. The SMILES string of the molecule is CCCCCCCCCC(CNC)Cc1ccc(Cl)cc1. The summed E-state index contributed by atoms with van der Waals surface area (Å²) in [5.41, 5.74) is 1.41. The molecule has 21 heavy (non-hydrogen) atoms. The van der Waals surface area contributed by atoms with Crippen LogP contribution in [0, 0.1) is 5.92 Å². The van der Waals surface area contributed by atoms with Gasteiger partial charge in [-0.2, -0.15) is 0 Å². The highest BCUT2D eigenvalue weighted by Gasteiger charge is 2.08. The molecular formula is C19H32ClN. The molecule has 0 bridgehead atoms. The lowest BCUT2D eigenvalue weighted by Crippen LogP contribution is -2.20. The maximum Gasteiger partial charge on any atom is 0.0406 e. The molecule has 0 saturated heterocycles. The molecule has 0 fully saturated rings. The van der Waals surface area contributed by atoms with Gasteiger partial charge in [0.25, 0.3) is 0 Å². The molecule has 0 aliphatic rings. The number of benzene rings is 1. The van der Waals surface area contributed by atoms with Crippen LogP contribution in [0.5, 0.6) is 0 Å².